The number of carbonyl (C=O) groups is 4. The zero-order chi connectivity index (χ0) is 32.3. The van der Waals surface area contributed by atoms with Crippen LogP contribution in [-0.2, 0) is 38.1 Å². The molecule has 0 aromatic rings. The van der Waals surface area contributed by atoms with Crippen molar-refractivity contribution in [2.75, 3.05) is 26.4 Å². The Bertz CT molecular complexity index is 976. The van der Waals surface area contributed by atoms with Gasteiger partial charge in [0.05, 0.1) is 24.4 Å². The molecule has 12 heteroatoms. The number of carbonyl (C=O) groups excluding carboxylic acids is 4. The summed E-state index contributed by atoms with van der Waals surface area (Å²) in [5.41, 5.74) is 7.79. The zero-order valence-electron chi connectivity index (χ0n) is 26.2. The molecule has 236 valence electrons. The van der Waals surface area contributed by atoms with E-state index in [-0.39, 0.29) is 26.4 Å². The SMILES string of the molecule is CCOC(=O)C(Br)C(=O)OC/C(C#C[Si](CC)(CC)CC)=C(\C#C[Si](CC)(CC)CC)COC(=O)C(Br)C(=O)OCC. The van der Waals surface area contributed by atoms with E-state index in [1.165, 1.54) is 0 Å². The molecule has 0 rings (SSSR count). The Labute approximate surface area is 270 Å². The Hall–Kier alpha value is -1.87. The predicted octanol–water partition coefficient (Wildman–Crippen LogP) is 6.12. The molecule has 0 bridgehead atoms. The minimum absolute atomic E-state index is 0.117. The fraction of sp³-hybridized carbons (Fsp3) is 0.667. The summed E-state index contributed by atoms with van der Waals surface area (Å²) in [7, 11) is -3.87. The Morgan fingerprint density at radius 2 is 0.786 bits per heavy atom. The highest BCUT2D eigenvalue weighted by molar-refractivity contribution is 9.10. The van der Waals surface area contributed by atoms with Gasteiger partial charge in [-0.1, -0.05) is 85.2 Å². The van der Waals surface area contributed by atoms with Gasteiger partial charge >= 0.3 is 23.9 Å². The average molecular weight is 751 g/mol. The number of hydrogen-bond acceptors (Lipinski definition) is 8. The third-order valence-electron chi connectivity index (χ3n) is 7.50. The maximum Gasteiger partial charge on any atom is 0.331 e. The van der Waals surface area contributed by atoms with E-state index in [9.17, 15) is 19.2 Å². The number of hydrogen-bond donors (Lipinski definition) is 0. The first-order chi connectivity index (χ1) is 19.9. The third kappa shape index (κ3) is 12.8. The molecule has 0 aliphatic carbocycles. The molecule has 0 aliphatic rings. The van der Waals surface area contributed by atoms with Crippen LogP contribution in [-0.4, -0.2) is 76.1 Å². The number of esters is 4. The maximum absolute atomic E-state index is 12.7. The van der Waals surface area contributed by atoms with Gasteiger partial charge in [-0.25, -0.2) is 0 Å². The van der Waals surface area contributed by atoms with Crippen LogP contribution < -0.4 is 0 Å². The normalized spacial score (nSPS) is 13.2. The van der Waals surface area contributed by atoms with Crippen molar-refractivity contribution in [2.24, 2.45) is 0 Å². The monoisotopic (exact) mass is 748 g/mol. The molecular weight excluding hydrogens is 704 g/mol. The van der Waals surface area contributed by atoms with Crippen LogP contribution >= 0.6 is 31.9 Å². The smallest absolute Gasteiger partial charge is 0.331 e. The van der Waals surface area contributed by atoms with Crippen LogP contribution in [0.15, 0.2) is 11.1 Å². The van der Waals surface area contributed by atoms with Crippen LogP contribution in [0.1, 0.15) is 55.4 Å². The second-order valence-electron chi connectivity index (χ2n) is 9.58. The van der Waals surface area contributed by atoms with Crippen LogP contribution in [0.2, 0.25) is 36.3 Å². The first kappa shape index (κ1) is 40.1. The van der Waals surface area contributed by atoms with Crippen molar-refractivity contribution in [3.8, 4) is 22.9 Å². The number of ether oxygens (including phenoxy) is 4. The summed E-state index contributed by atoms with van der Waals surface area (Å²) in [5, 5.41) is 0. The van der Waals surface area contributed by atoms with Gasteiger partial charge < -0.3 is 18.9 Å². The second-order valence-corrected chi connectivity index (χ2v) is 21.3. The van der Waals surface area contributed by atoms with E-state index >= 15 is 0 Å². The highest BCUT2D eigenvalue weighted by Crippen LogP contribution is 2.21. The third-order valence-corrected chi connectivity index (χ3v) is 18.4. The Kier molecular flexibility index (Phi) is 20.0. The number of halogens is 2. The summed E-state index contributed by atoms with van der Waals surface area (Å²) >= 11 is 6.09. The summed E-state index contributed by atoms with van der Waals surface area (Å²) < 4.78 is 20.8. The van der Waals surface area contributed by atoms with Crippen LogP contribution in [0.4, 0.5) is 0 Å². The van der Waals surface area contributed by atoms with E-state index in [1.807, 2.05) is 0 Å². The summed E-state index contributed by atoms with van der Waals surface area (Å²) in [5.74, 6) is 3.33. The van der Waals surface area contributed by atoms with Crippen molar-refractivity contribution in [3.63, 3.8) is 0 Å². The standard InChI is InChI=1S/C30H46Br2O8Si2/c1-9-37-27(33)25(31)29(35)39-21-23(17-19-41(11-3,12-4)13-5)24(18-20-42(14-6,15-7)16-8)22-40-30(36)26(32)28(34)38-10-2/h25-26H,9-16,21-22H2,1-8H3/b24-23+. The summed E-state index contributed by atoms with van der Waals surface area (Å²) in [6, 6.07) is 5.69. The fourth-order valence-electron chi connectivity index (χ4n) is 3.90. The molecule has 0 saturated carbocycles. The molecule has 0 heterocycles. The summed E-state index contributed by atoms with van der Waals surface area (Å²) in [6.45, 7) is 15.7. The predicted molar refractivity (Wildman–Crippen MR) is 178 cm³/mol. The lowest BCUT2D eigenvalue weighted by atomic mass is 10.1. The summed E-state index contributed by atoms with van der Waals surface area (Å²) in [4.78, 5) is 46.9. The first-order valence-corrected chi connectivity index (χ1v) is 21.7. The molecule has 8 nitrogen and oxygen atoms in total. The van der Waals surface area contributed by atoms with Crippen molar-refractivity contribution in [3.05, 3.63) is 11.1 Å². The Morgan fingerprint density at radius 1 is 0.524 bits per heavy atom. The molecule has 0 spiro atoms. The Morgan fingerprint density at radius 3 is 1.02 bits per heavy atom. The first-order valence-electron chi connectivity index (χ1n) is 14.6. The topological polar surface area (TPSA) is 105 Å². The molecule has 0 amide bonds. The molecule has 0 radical (unpaired) electrons. The van der Waals surface area contributed by atoms with E-state index in [2.05, 4.69) is 96.3 Å². The average Bonchev–Trinajstić information content (AvgIpc) is 3.01. The summed E-state index contributed by atoms with van der Waals surface area (Å²) in [6.07, 6.45) is 0. The molecule has 0 N–H and O–H groups in total. The molecule has 0 saturated heterocycles. The molecule has 2 unspecified atom stereocenters. The van der Waals surface area contributed by atoms with E-state index < -0.39 is 49.7 Å². The lowest BCUT2D eigenvalue weighted by molar-refractivity contribution is -0.154. The zero-order valence-corrected chi connectivity index (χ0v) is 31.4. The number of alkyl halides is 2. The van der Waals surface area contributed by atoms with Gasteiger partial charge in [-0.05, 0) is 50.1 Å². The highest BCUT2D eigenvalue weighted by atomic mass is 79.9. The lowest BCUT2D eigenvalue weighted by Crippen LogP contribution is -2.31. The molecule has 0 aromatic carbocycles. The van der Waals surface area contributed by atoms with Crippen molar-refractivity contribution < 1.29 is 38.1 Å². The van der Waals surface area contributed by atoms with Gasteiger partial charge in [0, 0.05) is 0 Å². The van der Waals surface area contributed by atoms with Crippen molar-refractivity contribution in [2.45, 2.75) is 101 Å². The van der Waals surface area contributed by atoms with Gasteiger partial charge in [-0.3, -0.25) is 19.2 Å². The second kappa shape index (κ2) is 20.9. The molecule has 0 aromatic heterocycles. The van der Waals surface area contributed by atoms with Crippen LogP contribution in [0.3, 0.4) is 0 Å². The molecule has 42 heavy (non-hydrogen) atoms. The molecule has 0 fully saturated rings. The quantitative estimate of drug-likeness (QED) is 0.0464. The van der Waals surface area contributed by atoms with E-state index in [4.69, 9.17) is 18.9 Å². The van der Waals surface area contributed by atoms with Crippen LogP contribution in [0, 0.1) is 22.9 Å². The van der Waals surface area contributed by atoms with Crippen molar-refractivity contribution in [1.29, 1.82) is 0 Å². The minimum Gasteiger partial charge on any atom is -0.465 e. The lowest BCUT2D eigenvalue weighted by Gasteiger charge is -2.21. The largest absolute Gasteiger partial charge is 0.465 e. The minimum atomic E-state index is -1.93. The van der Waals surface area contributed by atoms with Gasteiger partial charge in [0.1, 0.15) is 29.4 Å². The van der Waals surface area contributed by atoms with Crippen molar-refractivity contribution >= 4 is 71.9 Å². The number of rotatable bonds is 16. The highest BCUT2D eigenvalue weighted by Gasteiger charge is 2.30. The van der Waals surface area contributed by atoms with Gasteiger partial charge in [0.25, 0.3) is 0 Å². The molecule has 0 aliphatic heterocycles. The van der Waals surface area contributed by atoms with E-state index in [0.717, 1.165) is 36.3 Å². The molecular formula is C30H46Br2O8Si2. The van der Waals surface area contributed by atoms with Gasteiger partial charge in [0.15, 0.2) is 0 Å². The van der Waals surface area contributed by atoms with Crippen LogP contribution in [0.25, 0.3) is 0 Å². The molecule has 2 atom stereocenters. The fourth-order valence-corrected chi connectivity index (χ4v) is 9.32. The van der Waals surface area contributed by atoms with Gasteiger partial charge in [-0.2, -0.15) is 0 Å². The van der Waals surface area contributed by atoms with Crippen molar-refractivity contribution in [1.82, 2.24) is 0 Å². The van der Waals surface area contributed by atoms with E-state index in [0.29, 0.717) is 11.1 Å². The van der Waals surface area contributed by atoms with Crippen LogP contribution in [0.5, 0.6) is 0 Å². The maximum atomic E-state index is 12.7. The Balaban J connectivity index is 6.90. The van der Waals surface area contributed by atoms with Gasteiger partial charge in [0.2, 0.25) is 9.65 Å². The van der Waals surface area contributed by atoms with E-state index in [1.54, 1.807) is 13.8 Å². The van der Waals surface area contributed by atoms with Gasteiger partial charge in [-0.15, -0.1) is 11.1 Å².